The topological polar surface area (TPSA) is 99.8 Å². The minimum Gasteiger partial charge on any atom is -0.388 e. The first-order valence-corrected chi connectivity index (χ1v) is 8.92. The predicted octanol–water partition coefficient (Wildman–Crippen LogP) is 2.98. The molecule has 0 heterocycles. The highest BCUT2D eigenvalue weighted by atomic mass is 16.6. The molecule has 3 N–H and O–H groups in total. The molecule has 0 spiro atoms. The molecule has 25 heavy (non-hydrogen) atoms. The molecule has 0 aromatic heterocycles. The molecule has 0 radical (unpaired) electrons. The number of rotatable bonds is 10. The largest absolute Gasteiger partial charge is 0.388 e. The summed E-state index contributed by atoms with van der Waals surface area (Å²) in [5.41, 5.74) is -0.143. The summed E-state index contributed by atoms with van der Waals surface area (Å²) in [7, 11) is 0. The molecular weight excluding hydrogens is 320 g/mol. The molecule has 140 valence electrons. The third kappa shape index (κ3) is 7.09. The third-order valence-electron chi connectivity index (χ3n) is 3.96. The summed E-state index contributed by atoms with van der Waals surface area (Å²) in [6.45, 7) is 7.32. The van der Waals surface area contributed by atoms with Crippen LogP contribution in [0.5, 0.6) is 0 Å². The van der Waals surface area contributed by atoms with E-state index in [1.165, 1.54) is 6.07 Å². The van der Waals surface area contributed by atoms with Gasteiger partial charge in [-0.1, -0.05) is 44.9 Å². The first-order chi connectivity index (χ1) is 12.0. The van der Waals surface area contributed by atoms with Crippen molar-refractivity contribution in [1.29, 1.82) is 0 Å². The molecule has 0 atom stereocenters. The molecule has 0 saturated carbocycles. The monoisotopic (exact) mass is 350 g/mol. The Morgan fingerprint density at radius 3 is 2.40 bits per heavy atom. The van der Waals surface area contributed by atoms with Gasteiger partial charge in [0.15, 0.2) is 5.96 Å². The number of benzene rings is 1. The highest BCUT2D eigenvalue weighted by Crippen LogP contribution is 2.19. The first-order valence-electron chi connectivity index (χ1n) is 8.92. The van der Waals surface area contributed by atoms with Crippen molar-refractivity contribution in [2.24, 2.45) is 4.99 Å². The Kier molecular flexibility index (Phi) is 8.91. The first kappa shape index (κ1) is 20.9. The molecule has 0 aliphatic heterocycles. The van der Waals surface area contributed by atoms with Crippen LogP contribution in [0.15, 0.2) is 29.3 Å². The van der Waals surface area contributed by atoms with Gasteiger partial charge in [-0.2, -0.15) is 0 Å². The van der Waals surface area contributed by atoms with Gasteiger partial charge >= 0.3 is 0 Å². The van der Waals surface area contributed by atoms with Crippen molar-refractivity contribution >= 4 is 11.6 Å². The van der Waals surface area contributed by atoms with E-state index in [4.69, 9.17) is 0 Å². The highest BCUT2D eigenvalue weighted by molar-refractivity contribution is 5.79. The summed E-state index contributed by atoms with van der Waals surface area (Å²) < 4.78 is 0. The molecule has 0 fully saturated rings. The van der Waals surface area contributed by atoms with E-state index in [2.05, 4.69) is 29.5 Å². The number of aliphatic imine (C=N–C) groups is 1. The zero-order chi connectivity index (χ0) is 18.7. The van der Waals surface area contributed by atoms with Gasteiger partial charge in [0.25, 0.3) is 5.69 Å². The van der Waals surface area contributed by atoms with Crippen molar-refractivity contribution in [3.63, 3.8) is 0 Å². The van der Waals surface area contributed by atoms with Gasteiger partial charge in [0, 0.05) is 19.2 Å². The summed E-state index contributed by atoms with van der Waals surface area (Å²) in [6.07, 6.45) is 3.25. The van der Waals surface area contributed by atoms with E-state index in [9.17, 15) is 15.2 Å². The van der Waals surface area contributed by atoms with E-state index >= 15 is 0 Å². The number of guanidine groups is 1. The van der Waals surface area contributed by atoms with Gasteiger partial charge in [0.2, 0.25) is 0 Å². The van der Waals surface area contributed by atoms with E-state index in [1.54, 1.807) is 18.2 Å². The summed E-state index contributed by atoms with van der Waals surface area (Å²) in [5, 5.41) is 28.1. The van der Waals surface area contributed by atoms with Crippen LogP contribution in [-0.2, 0) is 6.54 Å². The van der Waals surface area contributed by atoms with Crippen molar-refractivity contribution in [2.75, 3.05) is 13.1 Å². The molecule has 0 amide bonds. The molecule has 0 bridgehead atoms. The number of aliphatic hydroxyl groups is 1. The van der Waals surface area contributed by atoms with Gasteiger partial charge < -0.3 is 15.7 Å². The molecule has 0 aliphatic carbocycles. The van der Waals surface area contributed by atoms with Crippen LogP contribution < -0.4 is 10.6 Å². The molecule has 1 aromatic carbocycles. The van der Waals surface area contributed by atoms with Crippen molar-refractivity contribution in [2.45, 2.75) is 58.6 Å². The predicted molar refractivity (Wildman–Crippen MR) is 101 cm³/mol. The van der Waals surface area contributed by atoms with Crippen LogP contribution in [0.3, 0.4) is 0 Å². The van der Waals surface area contributed by atoms with Crippen LogP contribution in [0.4, 0.5) is 5.69 Å². The molecule has 0 saturated heterocycles. The van der Waals surface area contributed by atoms with Crippen LogP contribution in [0.25, 0.3) is 0 Å². The molecule has 7 heteroatoms. The van der Waals surface area contributed by atoms with Crippen LogP contribution >= 0.6 is 0 Å². The Morgan fingerprint density at radius 2 is 1.84 bits per heavy atom. The van der Waals surface area contributed by atoms with Crippen LogP contribution in [0, 0.1) is 10.1 Å². The maximum atomic E-state index is 11.1. The van der Waals surface area contributed by atoms with Gasteiger partial charge in [0.1, 0.15) is 0 Å². The minimum atomic E-state index is -0.765. The number of nitro groups is 1. The lowest BCUT2D eigenvalue weighted by Crippen LogP contribution is -2.47. The van der Waals surface area contributed by atoms with Crippen molar-refractivity contribution in [1.82, 2.24) is 10.6 Å². The quantitative estimate of drug-likeness (QED) is 0.261. The summed E-state index contributed by atoms with van der Waals surface area (Å²) >= 11 is 0. The molecule has 1 aromatic rings. The van der Waals surface area contributed by atoms with Crippen LogP contribution in [-0.4, -0.2) is 34.7 Å². The zero-order valence-electron chi connectivity index (χ0n) is 15.4. The molecule has 7 nitrogen and oxygen atoms in total. The Morgan fingerprint density at radius 1 is 1.20 bits per heavy atom. The summed E-state index contributed by atoms with van der Waals surface area (Å²) in [5.74, 6) is 0.547. The lowest BCUT2D eigenvalue weighted by Gasteiger charge is -2.28. The maximum Gasteiger partial charge on any atom is 0.274 e. The molecule has 1 rings (SSSR count). The number of nitrogens with one attached hydrogen (secondary N) is 2. The third-order valence-corrected chi connectivity index (χ3v) is 3.96. The molecule has 0 unspecified atom stereocenters. The lowest BCUT2D eigenvalue weighted by atomic mass is 9.93. The zero-order valence-corrected chi connectivity index (χ0v) is 15.4. The van der Waals surface area contributed by atoms with Gasteiger partial charge in [0.05, 0.1) is 22.6 Å². The van der Waals surface area contributed by atoms with Crippen LogP contribution in [0.2, 0.25) is 0 Å². The minimum absolute atomic E-state index is 0.0653. The fraction of sp³-hybridized carbons (Fsp3) is 0.611. The number of para-hydroxylation sites is 1. The number of hydrogen-bond acceptors (Lipinski definition) is 4. The summed E-state index contributed by atoms with van der Waals surface area (Å²) in [4.78, 5) is 15.1. The number of nitrogens with zero attached hydrogens (tertiary/aromatic N) is 2. The van der Waals surface area contributed by atoms with Crippen molar-refractivity contribution in [3.05, 3.63) is 39.9 Å². The normalized spacial score (nSPS) is 12.1. The molecular formula is C18H30N4O3. The fourth-order valence-corrected chi connectivity index (χ4v) is 2.81. The van der Waals surface area contributed by atoms with E-state index < -0.39 is 10.5 Å². The standard InChI is InChI=1S/C18H30N4O3/c1-4-11-18(23,12-5-2)14-21-17(19-6-3)20-13-15-9-7-8-10-16(15)22(24)25/h7-10,23H,4-6,11-14H2,1-3H3,(H2,19,20,21). The van der Waals surface area contributed by atoms with E-state index in [0.717, 1.165) is 25.7 Å². The van der Waals surface area contributed by atoms with Crippen LogP contribution in [0.1, 0.15) is 52.0 Å². The van der Waals surface area contributed by atoms with Gasteiger partial charge in [-0.15, -0.1) is 0 Å². The second-order valence-electron chi connectivity index (χ2n) is 6.16. The second kappa shape index (κ2) is 10.7. The van der Waals surface area contributed by atoms with Gasteiger partial charge in [-0.05, 0) is 19.8 Å². The number of nitro benzene ring substituents is 1. The average Bonchev–Trinajstić information content (AvgIpc) is 2.58. The van der Waals surface area contributed by atoms with Crippen molar-refractivity contribution in [3.8, 4) is 0 Å². The Labute approximate surface area is 149 Å². The Hall–Kier alpha value is -2.15. The lowest BCUT2D eigenvalue weighted by molar-refractivity contribution is -0.385. The van der Waals surface area contributed by atoms with Gasteiger partial charge in [-0.3, -0.25) is 10.1 Å². The second-order valence-corrected chi connectivity index (χ2v) is 6.16. The Balaban J connectivity index is 2.82. The Bertz CT molecular complexity index is 569. The molecule has 0 aliphatic rings. The van der Waals surface area contributed by atoms with E-state index in [1.807, 2.05) is 6.92 Å². The summed E-state index contributed by atoms with van der Waals surface area (Å²) in [6, 6.07) is 6.59. The average molecular weight is 350 g/mol. The smallest absolute Gasteiger partial charge is 0.274 e. The van der Waals surface area contributed by atoms with E-state index in [0.29, 0.717) is 24.6 Å². The fourth-order valence-electron chi connectivity index (χ4n) is 2.81. The SMILES string of the molecule is CCCC(O)(CCC)CNC(=NCc1ccccc1[N+](=O)[O-])NCC. The van der Waals surface area contributed by atoms with Crippen molar-refractivity contribution < 1.29 is 10.0 Å². The highest BCUT2D eigenvalue weighted by Gasteiger charge is 2.25. The number of hydrogen-bond donors (Lipinski definition) is 3. The maximum absolute atomic E-state index is 11.1. The van der Waals surface area contributed by atoms with Gasteiger partial charge in [-0.25, -0.2) is 4.99 Å². The van der Waals surface area contributed by atoms with E-state index in [-0.39, 0.29) is 12.2 Å².